The molecule has 2 N–H and O–H groups in total. The average molecular weight is 388 g/mol. The monoisotopic (exact) mass is 388 g/mol. The normalized spacial score (nSPS) is 18.3. The van der Waals surface area contributed by atoms with E-state index in [0.29, 0.717) is 43.2 Å². The molecule has 0 atom stereocenters. The topological polar surface area (TPSA) is 100.0 Å². The molecule has 0 saturated carbocycles. The molecule has 1 spiro atoms. The van der Waals surface area contributed by atoms with Gasteiger partial charge in [-0.25, -0.2) is 14.6 Å². The third-order valence-corrected chi connectivity index (χ3v) is 6.65. The predicted octanol–water partition coefficient (Wildman–Crippen LogP) is 2.92. The zero-order valence-electron chi connectivity index (χ0n) is 14.9. The molecule has 0 bridgehead atoms. The van der Waals surface area contributed by atoms with E-state index in [4.69, 9.17) is 4.74 Å². The van der Waals surface area contributed by atoms with Crippen molar-refractivity contribution in [1.29, 1.82) is 0 Å². The van der Waals surface area contributed by atoms with Crippen LogP contribution in [0.2, 0.25) is 0 Å². The fraction of sp³-hybridized carbons (Fsp3) is 0.421. The number of carboxylic acids is 2. The molecule has 2 aromatic heterocycles. The van der Waals surface area contributed by atoms with Crippen molar-refractivity contribution in [3.63, 3.8) is 0 Å². The Bertz CT molecular complexity index is 915. The number of piperidine rings is 1. The van der Waals surface area contributed by atoms with Crippen LogP contribution in [0, 0.1) is 6.92 Å². The number of ether oxygens (including phenoxy) is 1. The molecule has 0 unspecified atom stereocenters. The Kier molecular flexibility index (Phi) is 4.39. The van der Waals surface area contributed by atoms with Crippen molar-refractivity contribution in [2.24, 2.45) is 0 Å². The maximum Gasteiger partial charge on any atom is 0.345 e. The molecular weight excluding hydrogens is 368 g/mol. The average Bonchev–Trinajstić information content (AvgIpc) is 3.08. The van der Waals surface area contributed by atoms with Crippen LogP contribution in [0.5, 0.6) is 0 Å². The second-order valence-electron chi connectivity index (χ2n) is 6.98. The molecule has 1 fully saturated rings. The summed E-state index contributed by atoms with van der Waals surface area (Å²) in [4.78, 5) is 30.7. The van der Waals surface area contributed by atoms with Crippen molar-refractivity contribution in [2.75, 3.05) is 24.6 Å². The van der Waals surface area contributed by atoms with Crippen molar-refractivity contribution in [3.8, 4) is 0 Å². The largest absolute Gasteiger partial charge is 0.478 e. The van der Waals surface area contributed by atoms with E-state index in [9.17, 15) is 19.8 Å². The van der Waals surface area contributed by atoms with Gasteiger partial charge in [0.05, 0.1) is 6.61 Å². The minimum absolute atomic E-state index is 0.200. The van der Waals surface area contributed by atoms with Gasteiger partial charge in [-0.15, -0.1) is 11.3 Å². The smallest absolute Gasteiger partial charge is 0.345 e. The third kappa shape index (κ3) is 3.08. The van der Waals surface area contributed by atoms with Gasteiger partial charge < -0.3 is 19.8 Å². The van der Waals surface area contributed by atoms with Crippen LogP contribution in [-0.2, 0) is 16.8 Å². The first-order valence-corrected chi connectivity index (χ1v) is 9.67. The third-order valence-electron chi connectivity index (χ3n) is 5.30. The Morgan fingerprint density at radius 2 is 1.96 bits per heavy atom. The maximum atomic E-state index is 11.6. The molecule has 2 aliphatic rings. The number of nitrogens with zero attached hydrogens (tertiary/aromatic N) is 2. The summed E-state index contributed by atoms with van der Waals surface area (Å²) in [5.74, 6) is -1.40. The number of anilines is 1. The fourth-order valence-electron chi connectivity index (χ4n) is 3.93. The van der Waals surface area contributed by atoms with Crippen LogP contribution in [0.25, 0.3) is 0 Å². The van der Waals surface area contributed by atoms with E-state index in [-0.39, 0.29) is 5.56 Å². The summed E-state index contributed by atoms with van der Waals surface area (Å²) in [6.07, 6.45) is 2.08. The molecule has 2 aromatic rings. The second-order valence-corrected chi connectivity index (χ2v) is 8.03. The Hall–Kier alpha value is -2.45. The van der Waals surface area contributed by atoms with E-state index >= 15 is 0 Å². The number of aromatic carboxylic acids is 2. The van der Waals surface area contributed by atoms with Gasteiger partial charge in [-0.3, -0.25) is 0 Å². The van der Waals surface area contributed by atoms with Gasteiger partial charge >= 0.3 is 11.9 Å². The van der Waals surface area contributed by atoms with Gasteiger partial charge in [-0.05, 0) is 49.9 Å². The number of thiophene rings is 1. The Morgan fingerprint density at radius 1 is 1.22 bits per heavy atom. The standard InChI is InChI=1S/C19H20N2O5S/c1-11-2-3-13(17(22)23)16(20-11)21-7-5-19(6-8-21)15-12(4-9-26-19)10-14(27-15)18(24)25/h2-3,10H,4-9H2,1H3,(H,22,23)(H,24,25). The highest BCUT2D eigenvalue weighted by Crippen LogP contribution is 2.46. The molecule has 27 heavy (non-hydrogen) atoms. The quantitative estimate of drug-likeness (QED) is 0.834. The van der Waals surface area contributed by atoms with Gasteiger partial charge in [-0.2, -0.15) is 0 Å². The van der Waals surface area contributed by atoms with Crippen molar-refractivity contribution in [1.82, 2.24) is 4.98 Å². The van der Waals surface area contributed by atoms with Crippen molar-refractivity contribution >= 4 is 29.1 Å². The number of pyridine rings is 1. The van der Waals surface area contributed by atoms with Crippen LogP contribution >= 0.6 is 11.3 Å². The zero-order chi connectivity index (χ0) is 19.2. The van der Waals surface area contributed by atoms with Crippen LogP contribution in [-0.4, -0.2) is 46.8 Å². The van der Waals surface area contributed by atoms with Crippen LogP contribution in [0.15, 0.2) is 18.2 Å². The Labute approximate surface area is 160 Å². The number of hydrogen-bond donors (Lipinski definition) is 2. The highest BCUT2D eigenvalue weighted by Gasteiger charge is 2.43. The lowest BCUT2D eigenvalue weighted by Gasteiger charge is -2.44. The number of hydrogen-bond acceptors (Lipinski definition) is 6. The lowest BCUT2D eigenvalue weighted by Crippen LogP contribution is -2.46. The highest BCUT2D eigenvalue weighted by atomic mass is 32.1. The van der Waals surface area contributed by atoms with E-state index < -0.39 is 17.5 Å². The van der Waals surface area contributed by atoms with Crippen LogP contribution in [0.3, 0.4) is 0 Å². The molecule has 0 amide bonds. The van der Waals surface area contributed by atoms with E-state index in [1.165, 1.54) is 11.3 Å². The molecule has 7 nitrogen and oxygen atoms in total. The molecule has 142 valence electrons. The fourth-order valence-corrected chi connectivity index (χ4v) is 5.18. The van der Waals surface area contributed by atoms with Gasteiger partial charge in [0.25, 0.3) is 0 Å². The summed E-state index contributed by atoms with van der Waals surface area (Å²) in [6.45, 7) is 3.63. The molecule has 0 radical (unpaired) electrons. The van der Waals surface area contributed by atoms with Crippen molar-refractivity contribution in [3.05, 3.63) is 44.8 Å². The van der Waals surface area contributed by atoms with Crippen LogP contribution in [0.1, 0.15) is 49.0 Å². The number of aryl methyl sites for hydroxylation is 1. The van der Waals surface area contributed by atoms with E-state index in [1.54, 1.807) is 18.2 Å². The highest BCUT2D eigenvalue weighted by molar-refractivity contribution is 7.14. The van der Waals surface area contributed by atoms with Crippen LogP contribution < -0.4 is 4.90 Å². The Balaban J connectivity index is 1.61. The minimum Gasteiger partial charge on any atom is -0.478 e. The summed E-state index contributed by atoms with van der Waals surface area (Å²) < 4.78 is 6.17. The SMILES string of the molecule is Cc1ccc(C(=O)O)c(N2CCC3(CC2)OCCc2cc(C(=O)O)sc23)n1. The summed E-state index contributed by atoms with van der Waals surface area (Å²) in [7, 11) is 0. The lowest BCUT2D eigenvalue weighted by molar-refractivity contribution is -0.0735. The van der Waals surface area contributed by atoms with Gasteiger partial charge in [-0.1, -0.05) is 0 Å². The molecular formula is C19H20N2O5S. The van der Waals surface area contributed by atoms with Crippen molar-refractivity contribution in [2.45, 2.75) is 31.8 Å². The summed E-state index contributed by atoms with van der Waals surface area (Å²) in [5.41, 5.74) is 1.56. The maximum absolute atomic E-state index is 11.6. The summed E-state index contributed by atoms with van der Waals surface area (Å²) >= 11 is 1.30. The summed E-state index contributed by atoms with van der Waals surface area (Å²) in [5, 5.41) is 18.8. The molecule has 1 saturated heterocycles. The van der Waals surface area contributed by atoms with E-state index in [2.05, 4.69) is 4.98 Å². The van der Waals surface area contributed by atoms with E-state index in [1.807, 2.05) is 11.8 Å². The first-order valence-electron chi connectivity index (χ1n) is 8.86. The Morgan fingerprint density at radius 3 is 2.63 bits per heavy atom. The van der Waals surface area contributed by atoms with Gasteiger partial charge in [0.15, 0.2) is 0 Å². The molecule has 4 rings (SSSR count). The zero-order valence-corrected chi connectivity index (χ0v) is 15.7. The number of carboxylic acid groups (broad SMARTS) is 2. The summed E-state index contributed by atoms with van der Waals surface area (Å²) in [6, 6.07) is 5.07. The molecule has 0 aliphatic carbocycles. The van der Waals surface area contributed by atoms with Crippen LogP contribution in [0.4, 0.5) is 5.82 Å². The number of fused-ring (bicyclic) bond motifs is 2. The number of rotatable bonds is 3. The first kappa shape index (κ1) is 17.9. The molecule has 2 aliphatic heterocycles. The van der Waals surface area contributed by atoms with Gasteiger partial charge in [0, 0.05) is 23.7 Å². The van der Waals surface area contributed by atoms with Crippen molar-refractivity contribution < 1.29 is 24.5 Å². The number of aromatic nitrogens is 1. The second kappa shape index (κ2) is 6.61. The minimum atomic E-state index is -0.988. The van der Waals surface area contributed by atoms with Gasteiger partial charge in [0.2, 0.25) is 0 Å². The lowest BCUT2D eigenvalue weighted by atomic mass is 9.85. The molecule has 4 heterocycles. The molecule has 0 aromatic carbocycles. The molecule has 8 heteroatoms. The predicted molar refractivity (Wildman–Crippen MR) is 100.0 cm³/mol. The van der Waals surface area contributed by atoms with Gasteiger partial charge in [0.1, 0.15) is 21.9 Å². The number of carbonyl (C=O) groups is 2. The van der Waals surface area contributed by atoms with E-state index in [0.717, 1.165) is 22.6 Å². The first-order chi connectivity index (χ1) is 12.9.